The fraction of sp³-hybridized carbons (Fsp3) is 0.364. The quantitative estimate of drug-likeness (QED) is 0.789. The first-order valence-corrected chi connectivity index (χ1v) is 8.78. The highest BCUT2D eigenvalue weighted by atomic mass is 16.1. The van der Waals surface area contributed by atoms with Gasteiger partial charge in [0.1, 0.15) is 5.78 Å². The van der Waals surface area contributed by atoms with Gasteiger partial charge < -0.3 is 0 Å². The Morgan fingerprint density at radius 1 is 1.17 bits per heavy atom. The molecule has 2 aromatic rings. The van der Waals surface area contributed by atoms with Gasteiger partial charge in [0, 0.05) is 11.5 Å². The Balaban J connectivity index is 1.88. The first kappa shape index (κ1) is 16.6. The standard InChI is InChI=1S/C22H24O2/c1-4-6-18-7-5-8-19-13-20(22(24)21(18)19)17-11-9-16(10-12-17)14(2)15(3)23/h5,7-12,14,20H,4,6,13H2,1-3H3. The van der Waals surface area contributed by atoms with Gasteiger partial charge in [0.05, 0.1) is 5.92 Å². The summed E-state index contributed by atoms with van der Waals surface area (Å²) in [5, 5.41) is 0. The lowest BCUT2D eigenvalue weighted by Gasteiger charge is -2.12. The minimum Gasteiger partial charge on any atom is -0.299 e. The molecule has 0 amide bonds. The van der Waals surface area contributed by atoms with E-state index in [1.165, 1.54) is 11.1 Å². The number of hydrogen-bond donors (Lipinski definition) is 0. The fourth-order valence-corrected chi connectivity index (χ4v) is 3.63. The first-order valence-electron chi connectivity index (χ1n) is 8.78. The molecular formula is C22H24O2. The van der Waals surface area contributed by atoms with Gasteiger partial charge in [-0.3, -0.25) is 9.59 Å². The molecule has 1 aliphatic rings. The molecule has 0 bridgehead atoms. The highest BCUT2D eigenvalue weighted by molar-refractivity contribution is 6.06. The van der Waals surface area contributed by atoms with Crippen LogP contribution < -0.4 is 0 Å². The molecule has 2 atom stereocenters. The zero-order chi connectivity index (χ0) is 17.3. The van der Waals surface area contributed by atoms with Crippen molar-refractivity contribution in [2.75, 3.05) is 0 Å². The number of carbonyl (C=O) groups is 2. The Labute approximate surface area is 143 Å². The van der Waals surface area contributed by atoms with E-state index in [2.05, 4.69) is 25.1 Å². The van der Waals surface area contributed by atoms with E-state index in [1.54, 1.807) is 6.92 Å². The van der Waals surface area contributed by atoms with Crippen LogP contribution in [0.25, 0.3) is 0 Å². The molecule has 2 nitrogen and oxygen atoms in total. The number of fused-ring (bicyclic) bond motifs is 1. The van der Waals surface area contributed by atoms with Gasteiger partial charge in [0.2, 0.25) is 0 Å². The molecular weight excluding hydrogens is 296 g/mol. The number of aryl methyl sites for hydroxylation is 1. The summed E-state index contributed by atoms with van der Waals surface area (Å²) in [6.45, 7) is 5.68. The Hall–Kier alpha value is -2.22. The van der Waals surface area contributed by atoms with Gasteiger partial charge in [-0.25, -0.2) is 0 Å². The van der Waals surface area contributed by atoms with Crippen LogP contribution in [0.3, 0.4) is 0 Å². The third-order valence-corrected chi connectivity index (χ3v) is 5.19. The van der Waals surface area contributed by atoms with Gasteiger partial charge in [0.25, 0.3) is 0 Å². The Morgan fingerprint density at radius 2 is 1.88 bits per heavy atom. The zero-order valence-electron chi connectivity index (χ0n) is 14.6. The minimum atomic E-state index is -0.0910. The van der Waals surface area contributed by atoms with Gasteiger partial charge in [-0.1, -0.05) is 62.7 Å². The fourth-order valence-electron chi connectivity index (χ4n) is 3.63. The van der Waals surface area contributed by atoms with Crippen LogP contribution in [-0.4, -0.2) is 11.6 Å². The molecule has 3 rings (SSSR count). The summed E-state index contributed by atoms with van der Waals surface area (Å²) in [4.78, 5) is 24.5. The lowest BCUT2D eigenvalue weighted by atomic mass is 9.90. The highest BCUT2D eigenvalue weighted by Crippen LogP contribution is 2.36. The number of ketones is 2. The Bertz CT molecular complexity index is 771. The number of rotatable bonds is 5. The van der Waals surface area contributed by atoms with Gasteiger partial charge in [-0.05, 0) is 42.0 Å². The molecule has 2 unspecified atom stereocenters. The summed E-state index contributed by atoms with van der Waals surface area (Å²) in [7, 11) is 0. The molecule has 0 spiro atoms. The maximum Gasteiger partial charge on any atom is 0.171 e. The van der Waals surface area contributed by atoms with E-state index in [-0.39, 0.29) is 23.4 Å². The van der Waals surface area contributed by atoms with Crippen molar-refractivity contribution in [1.82, 2.24) is 0 Å². The second-order valence-corrected chi connectivity index (χ2v) is 6.82. The topological polar surface area (TPSA) is 34.1 Å². The summed E-state index contributed by atoms with van der Waals surface area (Å²) < 4.78 is 0. The van der Waals surface area contributed by atoms with Crippen molar-refractivity contribution < 1.29 is 9.59 Å². The molecule has 0 aliphatic heterocycles. The zero-order valence-corrected chi connectivity index (χ0v) is 14.6. The molecule has 2 aromatic carbocycles. The largest absolute Gasteiger partial charge is 0.299 e. The molecule has 0 aromatic heterocycles. The maximum absolute atomic E-state index is 13.0. The van der Waals surface area contributed by atoms with Crippen molar-refractivity contribution in [2.24, 2.45) is 0 Å². The minimum absolute atomic E-state index is 0.0836. The molecule has 0 heterocycles. The van der Waals surface area contributed by atoms with E-state index < -0.39 is 0 Å². The number of benzene rings is 2. The molecule has 0 N–H and O–H groups in total. The van der Waals surface area contributed by atoms with E-state index in [4.69, 9.17) is 0 Å². The van der Waals surface area contributed by atoms with Crippen molar-refractivity contribution in [2.45, 2.75) is 51.9 Å². The van der Waals surface area contributed by atoms with E-state index in [1.807, 2.05) is 31.2 Å². The molecule has 24 heavy (non-hydrogen) atoms. The van der Waals surface area contributed by atoms with Crippen molar-refractivity contribution >= 4 is 11.6 Å². The summed E-state index contributed by atoms with van der Waals surface area (Å²) in [5.74, 6) is 0.240. The monoisotopic (exact) mass is 320 g/mol. The van der Waals surface area contributed by atoms with E-state index in [0.29, 0.717) is 0 Å². The summed E-state index contributed by atoms with van der Waals surface area (Å²) in [5.41, 5.74) is 5.38. The van der Waals surface area contributed by atoms with Crippen LogP contribution in [0.4, 0.5) is 0 Å². The normalized spacial score (nSPS) is 17.6. The van der Waals surface area contributed by atoms with E-state index >= 15 is 0 Å². The highest BCUT2D eigenvalue weighted by Gasteiger charge is 2.33. The molecule has 1 aliphatic carbocycles. The van der Waals surface area contributed by atoms with Crippen molar-refractivity contribution in [1.29, 1.82) is 0 Å². The van der Waals surface area contributed by atoms with Gasteiger partial charge in [0.15, 0.2) is 5.78 Å². The van der Waals surface area contributed by atoms with Crippen LogP contribution in [0, 0.1) is 0 Å². The lowest BCUT2D eigenvalue weighted by molar-refractivity contribution is -0.118. The van der Waals surface area contributed by atoms with Crippen molar-refractivity contribution in [3.05, 3.63) is 70.3 Å². The maximum atomic E-state index is 13.0. The molecule has 124 valence electrons. The average Bonchev–Trinajstić information content (AvgIpc) is 2.92. The van der Waals surface area contributed by atoms with Crippen molar-refractivity contribution in [3.63, 3.8) is 0 Å². The first-order chi connectivity index (χ1) is 11.5. The van der Waals surface area contributed by atoms with Crippen LogP contribution in [0.1, 0.15) is 71.6 Å². The van der Waals surface area contributed by atoms with Crippen LogP contribution in [-0.2, 0) is 17.6 Å². The second-order valence-electron chi connectivity index (χ2n) is 6.82. The summed E-state index contributed by atoms with van der Waals surface area (Å²) >= 11 is 0. The molecule has 0 saturated heterocycles. The number of carbonyl (C=O) groups excluding carboxylic acids is 2. The molecule has 2 heteroatoms. The third kappa shape index (κ3) is 2.93. The lowest BCUT2D eigenvalue weighted by Crippen LogP contribution is -2.09. The van der Waals surface area contributed by atoms with Crippen LogP contribution in [0.5, 0.6) is 0 Å². The van der Waals surface area contributed by atoms with Crippen molar-refractivity contribution in [3.8, 4) is 0 Å². The molecule has 0 fully saturated rings. The SMILES string of the molecule is CCCc1cccc2c1C(=O)C(c1ccc(C(C)C(C)=O)cc1)C2. The van der Waals surface area contributed by atoms with Crippen LogP contribution in [0.15, 0.2) is 42.5 Å². The molecule has 0 saturated carbocycles. The predicted octanol–water partition coefficient (Wildman–Crippen LogP) is 4.85. The summed E-state index contributed by atoms with van der Waals surface area (Å²) in [6.07, 6.45) is 2.79. The Morgan fingerprint density at radius 3 is 2.50 bits per heavy atom. The summed E-state index contributed by atoms with van der Waals surface area (Å²) in [6, 6.07) is 14.2. The van der Waals surface area contributed by atoms with Gasteiger partial charge >= 0.3 is 0 Å². The Kier molecular flexibility index (Phi) is 4.66. The second kappa shape index (κ2) is 6.72. The van der Waals surface area contributed by atoms with Crippen LogP contribution >= 0.6 is 0 Å². The number of Topliss-reactive ketones (excluding diaryl/α,β-unsaturated/α-hetero) is 2. The van der Waals surface area contributed by atoms with Gasteiger partial charge in [-0.15, -0.1) is 0 Å². The number of hydrogen-bond acceptors (Lipinski definition) is 2. The average molecular weight is 320 g/mol. The predicted molar refractivity (Wildman–Crippen MR) is 96.8 cm³/mol. The molecule has 0 radical (unpaired) electrons. The smallest absolute Gasteiger partial charge is 0.171 e. The van der Waals surface area contributed by atoms with E-state index in [0.717, 1.165) is 36.0 Å². The van der Waals surface area contributed by atoms with E-state index in [9.17, 15) is 9.59 Å². The van der Waals surface area contributed by atoms with Gasteiger partial charge in [-0.2, -0.15) is 0 Å². The van der Waals surface area contributed by atoms with Crippen LogP contribution in [0.2, 0.25) is 0 Å². The third-order valence-electron chi connectivity index (χ3n) is 5.19.